The predicted octanol–water partition coefficient (Wildman–Crippen LogP) is 1.97. The largest absolute Gasteiger partial charge is 0.385 e. The Bertz CT molecular complexity index is 407. The van der Waals surface area contributed by atoms with Gasteiger partial charge in [0.2, 0.25) is 0 Å². The van der Waals surface area contributed by atoms with Crippen LogP contribution in [-0.4, -0.2) is 45.5 Å². The summed E-state index contributed by atoms with van der Waals surface area (Å²) in [7, 11) is 3.47. The maximum atomic E-state index is 5.86. The molecule has 0 bridgehead atoms. The Labute approximate surface area is 125 Å². The van der Waals surface area contributed by atoms with Gasteiger partial charge in [0.05, 0.1) is 12.3 Å². The van der Waals surface area contributed by atoms with Crippen LogP contribution in [0.25, 0.3) is 0 Å². The van der Waals surface area contributed by atoms with E-state index in [9.17, 15) is 0 Å². The zero-order valence-electron chi connectivity index (χ0n) is 12.4. The van der Waals surface area contributed by atoms with Crippen LogP contribution in [0, 0.1) is 0 Å². The van der Waals surface area contributed by atoms with E-state index in [1.165, 1.54) is 23.4 Å². The quantitative estimate of drug-likeness (QED) is 0.669. The molecule has 0 unspecified atom stereocenters. The van der Waals surface area contributed by atoms with Gasteiger partial charge in [-0.1, -0.05) is 0 Å². The van der Waals surface area contributed by atoms with Gasteiger partial charge >= 0.3 is 0 Å². The van der Waals surface area contributed by atoms with Gasteiger partial charge in [-0.15, -0.1) is 11.3 Å². The summed E-state index contributed by atoms with van der Waals surface area (Å²) < 4.78 is 10.3. The second-order valence-electron chi connectivity index (χ2n) is 5.11. The maximum Gasteiger partial charge on any atom is 0.185 e. The average Bonchev–Trinajstić information content (AvgIpc) is 3.22. The first kappa shape index (κ1) is 15.7. The van der Waals surface area contributed by atoms with E-state index < -0.39 is 0 Å². The fraction of sp³-hybridized carbons (Fsp3) is 0.786. The zero-order valence-corrected chi connectivity index (χ0v) is 13.2. The molecule has 2 N–H and O–H groups in total. The minimum atomic E-state index is 0.597. The first-order valence-electron chi connectivity index (χ1n) is 7.22. The topological polar surface area (TPSA) is 60.6 Å². The first-order chi connectivity index (χ1) is 9.80. The van der Waals surface area contributed by atoms with Crippen molar-refractivity contribution in [3.63, 3.8) is 0 Å². The van der Waals surface area contributed by atoms with Crippen molar-refractivity contribution < 1.29 is 9.47 Å². The van der Waals surface area contributed by atoms with Gasteiger partial charge in [0, 0.05) is 51.3 Å². The summed E-state index contributed by atoms with van der Waals surface area (Å²) in [4.78, 5) is 8.38. The van der Waals surface area contributed by atoms with Gasteiger partial charge in [-0.3, -0.25) is 0 Å². The van der Waals surface area contributed by atoms with Crippen molar-refractivity contribution in [3.8, 4) is 0 Å². The van der Waals surface area contributed by atoms with E-state index in [4.69, 9.17) is 20.2 Å². The lowest BCUT2D eigenvalue weighted by Gasteiger charge is -2.21. The molecule has 114 valence electrons. The van der Waals surface area contributed by atoms with Crippen LogP contribution in [0.5, 0.6) is 0 Å². The average molecular weight is 299 g/mol. The van der Waals surface area contributed by atoms with Gasteiger partial charge in [0.15, 0.2) is 5.13 Å². The molecule has 5 nitrogen and oxygen atoms in total. The Kier molecular flexibility index (Phi) is 6.22. The molecule has 1 aliphatic carbocycles. The summed E-state index contributed by atoms with van der Waals surface area (Å²) in [5.41, 5.74) is 7.10. The normalized spacial score (nSPS) is 14.8. The third-order valence-corrected chi connectivity index (χ3v) is 4.63. The molecule has 1 heterocycles. The Hall–Kier alpha value is -0.690. The Balaban J connectivity index is 2.05. The molecule has 20 heavy (non-hydrogen) atoms. The minimum absolute atomic E-state index is 0.597. The SMILES string of the molecule is COCCCN(CCOC)c1nc(C2CC2)c(CN)s1. The molecule has 1 aliphatic rings. The van der Waals surface area contributed by atoms with Gasteiger partial charge < -0.3 is 20.1 Å². The van der Waals surface area contributed by atoms with Crippen LogP contribution in [0.3, 0.4) is 0 Å². The molecule has 1 saturated carbocycles. The molecule has 6 heteroatoms. The molecule has 0 spiro atoms. The minimum Gasteiger partial charge on any atom is -0.385 e. The number of rotatable bonds is 10. The molecule has 0 amide bonds. The summed E-state index contributed by atoms with van der Waals surface area (Å²) in [6, 6.07) is 0. The van der Waals surface area contributed by atoms with Gasteiger partial charge in [-0.2, -0.15) is 0 Å². The number of ether oxygens (including phenoxy) is 2. The van der Waals surface area contributed by atoms with E-state index in [1.807, 2.05) is 0 Å². The summed E-state index contributed by atoms with van der Waals surface area (Å²) in [5, 5.41) is 1.08. The maximum absolute atomic E-state index is 5.86. The van der Waals surface area contributed by atoms with Crippen molar-refractivity contribution in [1.82, 2.24) is 4.98 Å². The van der Waals surface area contributed by atoms with E-state index in [-0.39, 0.29) is 0 Å². The van der Waals surface area contributed by atoms with E-state index >= 15 is 0 Å². The van der Waals surface area contributed by atoms with Crippen molar-refractivity contribution >= 4 is 16.5 Å². The van der Waals surface area contributed by atoms with Crippen LogP contribution >= 0.6 is 11.3 Å². The second-order valence-corrected chi connectivity index (χ2v) is 6.17. The third kappa shape index (κ3) is 4.15. The monoisotopic (exact) mass is 299 g/mol. The van der Waals surface area contributed by atoms with Crippen molar-refractivity contribution in [3.05, 3.63) is 10.6 Å². The van der Waals surface area contributed by atoms with Crippen molar-refractivity contribution in [2.75, 3.05) is 45.4 Å². The Morgan fingerprint density at radius 1 is 1.25 bits per heavy atom. The Morgan fingerprint density at radius 2 is 2.00 bits per heavy atom. The number of thiazole rings is 1. The molecule has 0 aliphatic heterocycles. The molecule has 1 aromatic heterocycles. The van der Waals surface area contributed by atoms with E-state index in [0.717, 1.165) is 31.2 Å². The molecule has 0 atom stereocenters. The van der Waals surface area contributed by atoms with E-state index in [0.29, 0.717) is 19.1 Å². The van der Waals surface area contributed by atoms with Gasteiger partial charge in [-0.25, -0.2) is 4.98 Å². The number of nitrogens with two attached hydrogens (primary N) is 1. The van der Waals surface area contributed by atoms with Crippen LogP contribution in [0.4, 0.5) is 5.13 Å². The first-order valence-corrected chi connectivity index (χ1v) is 8.04. The van der Waals surface area contributed by atoms with Gasteiger partial charge in [0.1, 0.15) is 0 Å². The van der Waals surface area contributed by atoms with Crippen LogP contribution in [0.15, 0.2) is 0 Å². The molecule has 1 aromatic rings. The molecule has 1 fully saturated rings. The summed E-state index contributed by atoms with van der Waals surface area (Å²) in [6.07, 6.45) is 3.52. The second kappa shape index (κ2) is 7.93. The smallest absolute Gasteiger partial charge is 0.185 e. The van der Waals surface area contributed by atoms with Crippen LogP contribution in [-0.2, 0) is 16.0 Å². The number of aromatic nitrogens is 1. The number of anilines is 1. The highest BCUT2D eigenvalue weighted by atomic mass is 32.1. The number of nitrogens with zero attached hydrogens (tertiary/aromatic N) is 2. The predicted molar refractivity (Wildman–Crippen MR) is 82.6 cm³/mol. The van der Waals surface area contributed by atoms with Gasteiger partial charge in [-0.05, 0) is 19.3 Å². The number of methoxy groups -OCH3 is 2. The third-order valence-electron chi connectivity index (χ3n) is 3.48. The highest BCUT2D eigenvalue weighted by Gasteiger charge is 2.30. The standard InChI is InChI=1S/C14H25N3O2S/c1-18-8-3-6-17(7-9-19-2)14-16-13(11-4-5-11)12(10-15)20-14/h11H,3-10,15H2,1-2H3. The fourth-order valence-corrected chi connectivity index (χ4v) is 3.29. The molecular formula is C14H25N3O2S. The van der Waals surface area contributed by atoms with Gasteiger partial charge in [0.25, 0.3) is 0 Å². The van der Waals surface area contributed by atoms with Crippen molar-refractivity contribution in [1.29, 1.82) is 0 Å². The fourth-order valence-electron chi connectivity index (χ4n) is 2.21. The highest BCUT2D eigenvalue weighted by Crippen LogP contribution is 2.44. The molecule has 0 radical (unpaired) electrons. The van der Waals surface area contributed by atoms with E-state index in [1.54, 1.807) is 25.6 Å². The van der Waals surface area contributed by atoms with Crippen LogP contribution in [0.2, 0.25) is 0 Å². The zero-order chi connectivity index (χ0) is 14.4. The lowest BCUT2D eigenvalue weighted by Crippen LogP contribution is -2.28. The van der Waals surface area contributed by atoms with Crippen LogP contribution < -0.4 is 10.6 Å². The van der Waals surface area contributed by atoms with Crippen molar-refractivity contribution in [2.45, 2.75) is 31.7 Å². The number of hydrogen-bond donors (Lipinski definition) is 1. The number of hydrogen-bond acceptors (Lipinski definition) is 6. The molecular weight excluding hydrogens is 274 g/mol. The summed E-state index contributed by atoms with van der Waals surface area (Å²) >= 11 is 1.74. The summed E-state index contributed by atoms with van der Waals surface area (Å²) in [6.45, 7) is 3.89. The molecule has 0 aromatic carbocycles. The van der Waals surface area contributed by atoms with Crippen molar-refractivity contribution in [2.24, 2.45) is 5.73 Å². The Morgan fingerprint density at radius 3 is 2.60 bits per heavy atom. The molecule has 0 saturated heterocycles. The molecule has 2 rings (SSSR count). The highest BCUT2D eigenvalue weighted by molar-refractivity contribution is 7.15. The van der Waals surface area contributed by atoms with E-state index in [2.05, 4.69) is 4.90 Å². The summed E-state index contributed by atoms with van der Waals surface area (Å²) in [5.74, 6) is 0.654. The van der Waals surface area contributed by atoms with Crippen LogP contribution in [0.1, 0.15) is 35.8 Å². The lowest BCUT2D eigenvalue weighted by atomic mass is 10.2. The lowest BCUT2D eigenvalue weighted by molar-refractivity contribution is 0.191.